The first-order valence-corrected chi connectivity index (χ1v) is 11.1. The molecular formula is C25H25ClN4O3. The summed E-state index contributed by atoms with van der Waals surface area (Å²) in [6.07, 6.45) is 2.63. The van der Waals surface area contributed by atoms with Crippen LogP contribution in [0.5, 0.6) is 5.75 Å². The summed E-state index contributed by atoms with van der Waals surface area (Å²) < 4.78 is 13.0. The van der Waals surface area contributed by atoms with Crippen LogP contribution in [0.4, 0.5) is 5.95 Å². The number of hydrogen-bond acceptors (Lipinski definition) is 5. The second kappa shape index (κ2) is 10.4. The summed E-state index contributed by atoms with van der Waals surface area (Å²) in [6, 6.07) is 18.8. The molecule has 2 aromatic heterocycles. The summed E-state index contributed by atoms with van der Waals surface area (Å²) in [4.78, 5) is 16.6. The molecule has 2 aromatic carbocycles. The van der Waals surface area contributed by atoms with Crippen molar-refractivity contribution in [2.75, 3.05) is 5.32 Å². The molecule has 0 radical (unpaired) electrons. The Morgan fingerprint density at radius 1 is 1.15 bits per heavy atom. The molecule has 33 heavy (non-hydrogen) atoms. The molecule has 4 rings (SSSR count). The standard InChI is InChI=1S/C25H25ClN4O3/c1-3-17(2)18-8-10-20(11-9-18)32-15-21-12-13-23(33-21)24(31)28-25-27-16-30(29-25)14-19-6-4-5-7-22(19)26/h4-13,16-17H,3,14-15H2,1-2H3,(H,28,29,31). The lowest BCUT2D eigenvalue weighted by Crippen LogP contribution is -2.12. The molecule has 1 unspecified atom stereocenters. The van der Waals surface area contributed by atoms with E-state index in [4.69, 9.17) is 20.8 Å². The van der Waals surface area contributed by atoms with Crippen molar-refractivity contribution in [2.24, 2.45) is 0 Å². The maximum atomic E-state index is 12.5. The largest absolute Gasteiger partial charge is 0.486 e. The number of carbonyl (C=O) groups is 1. The van der Waals surface area contributed by atoms with Crippen molar-refractivity contribution in [3.63, 3.8) is 0 Å². The van der Waals surface area contributed by atoms with E-state index >= 15 is 0 Å². The van der Waals surface area contributed by atoms with Crippen LogP contribution in [0.25, 0.3) is 0 Å². The van der Waals surface area contributed by atoms with Gasteiger partial charge in [-0.3, -0.25) is 10.1 Å². The highest BCUT2D eigenvalue weighted by atomic mass is 35.5. The Balaban J connectivity index is 1.31. The Morgan fingerprint density at radius 3 is 2.70 bits per heavy atom. The Hall–Kier alpha value is -3.58. The number of hydrogen-bond donors (Lipinski definition) is 1. The molecule has 0 aliphatic rings. The molecule has 7 nitrogen and oxygen atoms in total. The number of halogens is 1. The predicted octanol–water partition coefficient (Wildman–Crippen LogP) is 5.92. The van der Waals surface area contributed by atoms with Crippen molar-refractivity contribution in [1.82, 2.24) is 14.8 Å². The molecule has 1 amide bonds. The SMILES string of the molecule is CCC(C)c1ccc(OCc2ccc(C(=O)Nc3ncn(Cc4ccccc4Cl)n3)o2)cc1. The molecule has 8 heteroatoms. The van der Waals surface area contributed by atoms with Crippen LogP contribution in [0.1, 0.15) is 53.6 Å². The van der Waals surface area contributed by atoms with Gasteiger partial charge in [0.25, 0.3) is 5.91 Å². The summed E-state index contributed by atoms with van der Waals surface area (Å²) in [5, 5.41) is 7.56. The van der Waals surface area contributed by atoms with Gasteiger partial charge in [-0.2, -0.15) is 0 Å². The monoisotopic (exact) mass is 464 g/mol. The second-order valence-corrected chi connectivity index (χ2v) is 8.15. The quantitative estimate of drug-likeness (QED) is 0.332. The van der Waals surface area contributed by atoms with E-state index in [9.17, 15) is 4.79 Å². The molecular weight excluding hydrogens is 440 g/mol. The van der Waals surface area contributed by atoms with E-state index in [1.54, 1.807) is 16.8 Å². The molecule has 0 aliphatic heterocycles. The van der Waals surface area contributed by atoms with Crippen LogP contribution in [-0.2, 0) is 13.2 Å². The number of aromatic nitrogens is 3. The number of anilines is 1. The lowest BCUT2D eigenvalue weighted by Gasteiger charge is -2.10. The zero-order valence-electron chi connectivity index (χ0n) is 18.5. The third kappa shape index (κ3) is 5.81. The van der Waals surface area contributed by atoms with Gasteiger partial charge in [0.15, 0.2) is 5.76 Å². The lowest BCUT2D eigenvalue weighted by atomic mass is 9.99. The van der Waals surface area contributed by atoms with E-state index in [-0.39, 0.29) is 18.3 Å². The molecule has 0 bridgehead atoms. The highest BCUT2D eigenvalue weighted by molar-refractivity contribution is 6.31. The fourth-order valence-electron chi connectivity index (χ4n) is 3.25. The van der Waals surface area contributed by atoms with Gasteiger partial charge in [-0.1, -0.05) is 55.8 Å². The van der Waals surface area contributed by atoms with E-state index < -0.39 is 5.91 Å². The first-order valence-electron chi connectivity index (χ1n) is 10.8. The summed E-state index contributed by atoms with van der Waals surface area (Å²) >= 11 is 6.18. The molecule has 2 heterocycles. The van der Waals surface area contributed by atoms with Crippen LogP contribution in [0.3, 0.4) is 0 Å². The van der Waals surface area contributed by atoms with E-state index in [1.165, 1.54) is 11.9 Å². The average Bonchev–Trinajstić information content (AvgIpc) is 3.49. The van der Waals surface area contributed by atoms with Gasteiger partial charge in [0, 0.05) is 5.02 Å². The number of ether oxygens (including phenoxy) is 1. The molecule has 0 spiro atoms. The van der Waals surface area contributed by atoms with E-state index in [0.29, 0.717) is 23.2 Å². The van der Waals surface area contributed by atoms with Crippen LogP contribution < -0.4 is 10.1 Å². The number of rotatable bonds is 9. The van der Waals surface area contributed by atoms with Gasteiger partial charge >= 0.3 is 0 Å². The highest BCUT2D eigenvalue weighted by Crippen LogP contribution is 2.22. The van der Waals surface area contributed by atoms with E-state index in [1.807, 2.05) is 36.4 Å². The minimum absolute atomic E-state index is 0.156. The average molecular weight is 465 g/mol. The minimum Gasteiger partial charge on any atom is -0.486 e. The minimum atomic E-state index is -0.436. The molecule has 0 saturated heterocycles. The van der Waals surface area contributed by atoms with E-state index in [2.05, 4.69) is 41.4 Å². The second-order valence-electron chi connectivity index (χ2n) is 7.74. The third-order valence-corrected chi connectivity index (χ3v) is 5.75. The molecule has 0 aliphatic carbocycles. The first-order chi connectivity index (χ1) is 16.0. The number of benzene rings is 2. The first kappa shape index (κ1) is 22.6. The zero-order valence-corrected chi connectivity index (χ0v) is 19.2. The van der Waals surface area contributed by atoms with Gasteiger partial charge in [-0.15, -0.1) is 5.10 Å². The van der Waals surface area contributed by atoms with Gasteiger partial charge < -0.3 is 9.15 Å². The number of carbonyl (C=O) groups excluding carboxylic acids is 1. The maximum absolute atomic E-state index is 12.5. The van der Waals surface area contributed by atoms with Gasteiger partial charge in [-0.05, 0) is 53.8 Å². The Morgan fingerprint density at radius 2 is 1.94 bits per heavy atom. The smallest absolute Gasteiger partial charge is 0.293 e. The normalized spacial score (nSPS) is 11.8. The van der Waals surface area contributed by atoms with Gasteiger partial charge in [0.05, 0.1) is 6.54 Å². The van der Waals surface area contributed by atoms with Crippen LogP contribution in [0.2, 0.25) is 5.02 Å². The number of nitrogens with one attached hydrogen (secondary N) is 1. The topological polar surface area (TPSA) is 82.2 Å². The van der Waals surface area contributed by atoms with Crippen LogP contribution >= 0.6 is 11.6 Å². The molecule has 4 aromatic rings. The van der Waals surface area contributed by atoms with Crippen molar-refractivity contribution in [3.05, 3.63) is 94.7 Å². The Labute approximate surface area is 197 Å². The third-order valence-electron chi connectivity index (χ3n) is 5.38. The van der Waals surface area contributed by atoms with Crippen molar-refractivity contribution >= 4 is 23.5 Å². The van der Waals surface area contributed by atoms with Crippen LogP contribution in [0.15, 0.2) is 71.4 Å². The zero-order chi connectivity index (χ0) is 23.2. The highest BCUT2D eigenvalue weighted by Gasteiger charge is 2.14. The molecule has 0 fully saturated rings. The fraction of sp³-hybridized carbons (Fsp3) is 0.240. The number of nitrogens with zero attached hydrogens (tertiary/aromatic N) is 3. The maximum Gasteiger partial charge on any atom is 0.293 e. The van der Waals surface area contributed by atoms with Gasteiger partial charge in [0.1, 0.15) is 24.4 Å². The molecule has 1 atom stereocenters. The van der Waals surface area contributed by atoms with Crippen LogP contribution in [-0.4, -0.2) is 20.7 Å². The molecule has 170 valence electrons. The summed E-state index contributed by atoms with van der Waals surface area (Å²) in [5.41, 5.74) is 2.19. The lowest BCUT2D eigenvalue weighted by molar-refractivity contribution is 0.0991. The number of amides is 1. The Bertz CT molecular complexity index is 1220. The summed E-state index contributed by atoms with van der Waals surface area (Å²) in [5.74, 6) is 1.71. The van der Waals surface area contributed by atoms with E-state index in [0.717, 1.165) is 17.7 Å². The predicted molar refractivity (Wildman–Crippen MR) is 127 cm³/mol. The van der Waals surface area contributed by atoms with Crippen molar-refractivity contribution in [2.45, 2.75) is 39.3 Å². The van der Waals surface area contributed by atoms with Crippen molar-refractivity contribution < 1.29 is 13.9 Å². The van der Waals surface area contributed by atoms with Gasteiger partial charge in [-0.25, -0.2) is 9.67 Å². The number of furan rings is 1. The van der Waals surface area contributed by atoms with Gasteiger partial charge in [0.2, 0.25) is 5.95 Å². The Kier molecular flexibility index (Phi) is 7.10. The van der Waals surface area contributed by atoms with Crippen LogP contribution in [0, 0.1) is 0 Å². The summed E-state index contributed by atoms with van der Waals surface area (Å²) in [6.45, 7) is 5.04. The summed E-state index contributed by atoms with van der Waals surface area (Å²) in [7, 11) is 0. The molecule has 0 saturated carbocycles. The fourth-order valence-corrected chi connectivity index (χ4v) is 3.45. The molecule has 1 N–H and O–H groups in total. The van der Waals surface area contributed by atoms with Crippen molar-refractivity contribution in [1.29, 1.82) is 0 Å². The van der Waals surface area contributed by atoms with Crippen molar-refractivity contribution in [3.8, 4) is 5.75 Å².